The molecule has 2 aromatic heterocycles. The minimum absolute atomic E-state index is 0.297. The van der Waals surface area contributed by atoms with Crippen LogP contribution in [0.15, 0.2) is 36.7 Å². The van der Waals surface area contributed by atoms with Gasteiger partial charge in [0.1, 0.15) is 6.16 Å². The van der Waals surface area contributed by atoms with Gasteiger partial charge in [0.15, 0.2) is 12.4 Å². The summed E-state index contributed by atoms with van der Waals surface area (Å²) < 4.78 is 15.0. The molecule has 0 radical (unpaired) electrons. The monoisotopic (exact) mass is 372 g/mol. The quantitative estimate of drug-likeness (QED) is 0.412. The van der Waals surface area contributed by atoms with Crippen LogP contribution in [0, 0.1) is 0 Å². The van der Waals surface area contributed by atoms with Crippen LogP contribution in [0.2, 0.25) is 0 Å². The van der Waals surface area contributed by atoms with Crippen LogP contribution in [-0.2, 0) is 30.0 Å². The summed E-state index contributed by atoms with van der Waals surface area (Å²) in [7, 11) is -8.22. The lowest BCUT2D eigenvalue weighted by atomic mass is 10.1. The van der Waals surface area contributed by atoms with Crippen LogP contribution in [0.3, 0.4) is 0 Å². The topological polar surface area (TPSA) is 129 Å². The Bertz CT molecular complexity index is 830. The van der Waals surface area contributed by atoms with Crippen LogP contribution in [0.25, 0.3) is 11.4 Å². The zero-order chi connectivity index (χ0) is 17.5. The molecule has 1 aliphatic rings. The first-order valence-corrected chi connectivity index (χ1v) is 10.8. The number of rotatable bonds is 4. The highest BCUT2D eigenvalue weighted by atomic mass is 31.2. The van der Waals surface area contributed by atoms with Crippen molar-refractivity contribution in [3.05, 3.63) is 47.8 Å². The minimum atomic E-state index is -4.11. The lowest BCUT2D eigenvalue weighted by Crippen LogP contribution is -2.53. The van der Waals surface area contributed by atoms with E-state index in [9.17, 15) is 9.46 Å². The van der Waals surface area contributed by atoms with Crippen molar-refractivity contribution in [3.8, 4) is 11.4 Å². The number of pyridine rings is 2. The van der Waals surface area contributed by atoms with E-state index in [0.717, 1.165) is 11.4 Å². The predicted octanol–water partition coefficient (Wildman–Crippen LogP) is -0.773. The van der Waals surface area contributed by atoms with E-state index in [2.05, 4.69) is 0 Å². The highest BCUT2D eigenvalue weighted by molar-refractivity contribution is 7.56. The smallest absolute Gasteiger partial charge is 0.330 e. The van der Waals surface area contributed by atoms with Crippen molar-refractivity contribution in [3.63, 3.8) is 0 Å². The van der Waals surface area contributed by atoms with Gasteiger partial charge >= 0.3 is 7.60 Å². The van der Waals surface area contributed by atoms with E-state index in [0.29, 0.717) is 24.2 Å². The second-order valence-corrected chi connectivity index (χ2v) is 9.17. The zero-order valence-corrected chi connectivity index (χ0v) is 14.5. The maximum Gasteiger partial charge on any atom is 0.330 e. The van der Waals surface area contributed by atoms with Gasteiger partial charge in [0, 0.05) is 17.7 Å². The van der Waals surface area contributed by atoms with Crippen LogP contribution in [0.1, 0.15) is 11.1 Å². The summed E-state index contributed by atoms with van der Waals surface area (Å²) in [6.07, 6.45) is 2.88. The molecule has 3 heterocycles. The fourth-order valence-corrected chi connectivity index (χ4v) is 4.23. The second kappa shape index (κ2) is 6.24. The standard InChI is InChI=1S/C14H16N2O6P2/c17-23(18,19)9-11-1-3-13-14-4-2-12(10-24(20,21)22)8-16(14)6-5-15(13)7-11/h1-4,7-8H,5-6,9-10H2,(H2-2,17,18,19,20,21,22)/p+2. The summed E-state index contributed by atoms with van der Waals surface area (Å²) in [6.45, 7) is 1.22. The molecule has 0 aromatic carbocycles. The first-order chi connectivity index (χ1) is 11.1. The van der Waals surface area contributed by atoms with E-state index in [-0.39, 0.29) is 12.3 Å². The molecule has 0 aliphatic carbocycles. The Kier molecular flexibility index (Phi) is 4.57. The van der Waals surface area contributed by atoms with Crippen molar-refractivity contribution in [2.75, 3.05) is 0 Å². The Morgan fingerprint density at radius 2 is 1.50 bits per heavy atom. The zero-order valence-electron chi connectivity index (χ0n) is 12.7. The van der Waals surface area contributed by atoms with Gasteiger partial charge in [-0.2, -0.15) is 9.13 Å². The molecule has 0 saturated carbocycles. The first kappa shape index (κ1) is 17.6. The average molecular weight is 372 g/mol. The van der Waals surface area contributed by atoms with Gasteiger partial charge in [-0.1, -0.05) is 0 Å². The van der Waals surface area contributed by atoms with Gasteiger partial charge in [-0.3, -0.25) is 4.57 Å². The highest BCUT2D eigenvalue weighted by Gasteiger charge is 2.31. The third-order valence-electron chi connectivity index (χ3n) is 3.79. The average Bonchev–Trinajstić information content (AvgIpc) is 2.43. The molecule has 128 valence electrons. The number of aryl methyl sites for hydroxylation is 2. The number of hydrogen-bond acceptors (Lipinski definition) is 4. The van der Waals surface area contributed by atoms with Gasteiger partial charge in [-0.05, 0) is 12.1 Å². The lowest BCUT2D eigenvalue weighted by molar-refractivity contribution is -0.795. The lowest BCUT2D eigenvalue weighted by Gasteiger charge is -2.15. The second-order valence-electron chi connectivity index (χ2n) is 5.88. The Labute approximate surface area is 139 Å². The molecule has 10 heteroatoms. The SMILES string of the molecule is O=P(O)(O)Cc1ccc2[n+](c1)CC[n+]1cc(C[P+]([O-])(O)O)ccc1-2. The highest BCUT2D eigenvalue weighted by Crippen LogP contribution is 2.43. The summed E-state index contributed by atoms with van der Waals surface area (Å²) >= 11 is 0. The summed E-state index contributed by atoms with van der Waals surface area (Å²) in [5, 5.41) is 0. The van der Waals surface area contributed by atoms with Gasteiger partial charge in [0.25, 0.3) is 11.4 Å². The van der Waals surface area contributed by atoms with Gasteiger partial charge in [0.05, 0.1) is 11.7 Å². The normalized spacial score (nSPS) is 14.2. The molecule has 0 amide bonds. The summed E-state index contributed by atoms with van der Waals surface area (Å²) in [5.74, 6) is 0. The van der Waals surface area contributed by atoms with E-state index in [1.165, 1.54) is 0 Å². The molecular formula is C14H18N2O6P2+2. The van der Waals surface area contributed by atoms with Crippen molar-refractivity contribution < 1.29 is 38.2 Å². The van der Waals surface area contributed by atoms with Crippen molar-refractivity contribution in [1.29, 1.82) is 0 Å². The molecule has 2 aromatic rings. The molecule has 3 rings (SSSR count). The van der Waals surface area contributed by atoms with E-state index in [4.69, 9.17) is 19.6 Å². The third kappa shape index (κ3) is 4.23. The fourth-order valence-electron chi connectivity index (χ4n) is 2.90. The summed E-state index contributed by atoms with van der Waals surface area (Å²) in [4.78, 5) is 47.5. The Balaban J connectivity index is 1.93. The molecule has 0 atom stereocenters. The molecule has 1 aliphatic heterocycles. The number of nitrogens with zero attached hydrogens (tertiary/aromatic N) is 2. The molecular weight excluding hydrogens is 354 g/mol. The van der Waals surface area contributed by atoms with Gasteiger partial charge in [0.2, 0.25) is 21.0 Å². The van der Waals surface area contributed by atoms with Crippen LogP contribution < -0.4 is 14.0 Å². The van der Waals surface area contributed by atoms with Crippen LogP contribution in [-0.4, -0.2) is 19.6 Å². The number of hydrogen-bond donors (Lipinski definition) is 4. The minimum Gasteiger partial charge on any atom is -0.632 e. The maximum absolute atomic E-state index is 11.1. The van der Waals surface area contributed by atoms with E-state index in [1.807, 2.05) is 9.13 Å². The Hall–Kier alpha value is -1.24. The molecule has 0 bridgehead atoms. The van der Waals surface area contributed by atoms with Crippen LogP contribution in [0.5, 0.6) is 0 Å². The fraction of sp³-hybridized carbons (Fsp3) is 0.286. The Morgan fingerprint density at radius 3 is 2.00 bits per heavy atom. The van der Waals surface area contributed by atoms with E-state index >= 15 is 0 Å². The molecule has 0 fully saturated rings. The van der Waals surface area contributed by atoms with Gasteiger partial charge in [-0.25, -0.2) is 9.79 Å². The van der Waals surface area contributed by atoms with Crippen molar-refractivity contribution >= 4 is 15.5 Å². The molecule has 0 spiro atoms. The van der Waals surface area contributed by atoms with Crippen LogP contribution >= 0.6 is 15.5 Å². The summed E-state index contributed by atoms with van der Waals surface area (Å²) in [6, 6.07) is 6.98. The van der Waals surface area contributed by atoms with E-state index in [1.54, 1.807) is 36.7 Å². The first-order valence-electron chi connectivity index (χ1n) is 7.25. The molecule has 24 heavy (non-hydrogen) atoms. The molecule has 0 saturated heterocycles. The van der Waals surface area contributed by atoms with Crippen molar-refractivity contribution in [1.82, 2.24) is 0 Å². The third-order valence-corrected chi connectivity index (χ3v) is 5.35. The number of fused-ring (bicyclic) bond motifs is 3. The number of aromatic nitrogens is 2. The molecule has 8 nitrogen and oxygen atoms in total. The predicted molar refractivity (Wildman–Crippen MR) is 83.1 cm³/mol. The molecule has 4 N–H and O–H groups in total. The summed E-state index contributed by atoms with van der Waals surface area (Å²) in [5.41, 5.74) is 2.91. The van der Waals surface area contributed by atoms with Gasteiger partial charge in [-0.15, -0.1) is 0 Å². The molecule has 0 unspecified atom stereocenters. The van der Waals surface area contributed by atoms with Crippen molar-refractivity contribution in [2.24, 2.45) is 0 Å². The van der Waals surface area contributed by atoms with Crippen molar-refractivity contribution in [2.45, 2.75) is 25.4 Å². The van der Waals surface area contributed by atoms with Crippen LogP contribution in [0.4, 0.5) is 0 Å². The Morgan fingerprint density at radius 1 is 1.00 bits per heavy atom. The van der Waals surface area contributed by atoms with Gasteiger partial charge < -0.3 is 14.7 Å². The largest absolute Gasteiger partial charge is 0.632 e. The maximum atomic E-state index is 11.1. The van der Waals surface area contributed by atoms with E-state index < -0.39 is 15.5 Å².